The van der Waals surface area contributed by atoms with Crippen LogP contribution in [-0.4, -0.2) is 46.0 Å². The molecule has 5 nitrogen and oxygen atoms in total. The zero-order chi connectivity index (χ0) is 14.0. The summed E-state index contributed by atoms with van der Waals surface area (Å²) in [7, 11) is -0.0216. The molecule has 1 aliphatic heterocycles. The van der Waals surface area contributed by atoms with Crippen molar-refractivity contribution in [2.45, 2.75) is 17.4 Å². The molecule has 1 aromatic carbocycles. The van der Waals surface area contributed by atoms with Gasteiger partial charge >= 0.3 is 0 Å². The fourth-order valence-electron chi connectivity index (χ4n) is 2.14. The maximum absolute atomic E-state index is 12.5. The lowest BCUT2D eigenvalue weighted by Crippen LogP contribution is -2.33. The Hall–Kier alpha value is -0.630. The zero-order valence-corrected chi connectivity index (χ0v) is 13.3. The molecule has 0 saturated carbocycles. The molecule has 0 radical (unpaired) electrons. The van der Waals surface area contributed by atoms with Crippen LogP contribution >= 0.6 is 15.9 Å². The van der Waals surface area contributed by atoms with Crippen LogP contribution in [0.3, 0.4) is 0 Å². The molecule has 106 valence electrons. The maximum atomic E-state index is 12.5. The van der Waals surface area contributed by atoms with Gasteiger partial charge in [0.15, 0.2) is 0 Å². The maximum Gasteiger partial charge on any atom is 0.243 e. The number of hydrogen-bond donors (Lipinski definition) is 1. The van der Waals surface area contributed by atoms with Gasteiger partial charge in [0.2, 0.25) is 10.0 Å². The summed E-state index contributed by atoms with van der Waals surface area (Å²) in [5.74, 6) is 0.619. The van der Waals surface area contributed by atoms with Gasteiger partial charge < -0.3 is 10.1 Å². The van der Waals surface area contributed by atoms with Crippen molar-refractivity contribution >= 4 is 26.0 Å². The third-order valence-electron chi connectivity index (χ3n) is 3.32. The number of ether oxygens (including phenoxy) is 1. The Labute approximate surface area is 122 Å². The van der Waals surface area contributed by atoms with E-state index in [1.54, 1.807) is 25.3 Å². The first kappa shape index (κ1) is 14.8. The number of nitrogens with zero attached hydrogens (tertiary/aromatic N) is 1. The monoisotopic (exact) mass is 348 g/mol. The van der Waals surface area contributed by atoms with E-state index in [-0.39, 0.29) is 10.9 Å². The smallest absolute Gasteiger partial charge is 0.243 e. The Balaban J connectivity index is 2.27. The molecule has 0 aromatic heterocycles. The fraction of sp³-hybridized carbons (Fsp3) is 0.500. The van der Waals surface area contributed by atoms with Gasteiger partial charge in [-0.25, -0.2) is 8.42 Å². The Morgan fingerprint density at radius 2 is 2.21 bits per heavy atom. The highest BCUT2D eigenvalue weighted by molar-refractivity contribution is 9.10. The van der Waals surface area contributed by atoms with Crippen LogP contribution in [-0.2, 0) is 10.0 Å². The van der Waals surface area contributed by atoms with E-state index in [1.807, 2.05) is 7.05 Å². The predicted octanol–water partition coefficient (Wildman–Crippen LogP) is 1.44. The van der Waals surface area contributed by atoms with Gasteiger partial charge in [-0.2, -0.15) is 4.31 Å². The lowest BCUT2D eigenvalue weighted by atomic mass is 10.3. The minimum Gasteiger partial charge on any atom is -0.496 e. The van der Waals surface area contributed by atoms with Crippen LogP contribution in [0.15, 0.2) is 27.6 Å². The van der Waals surface area contributed by atoms with Crippen molar-refractivity contribution in [3.63, 3.8) is 0 Å². The zero-order valence-electron chi connectivity index (χ0n) is 10.9. The number of rotatable bonds is 4. The van der Waals surface area contributed by atoms with E-state index in [0.29, 0.717) is 23.3 Å². The number of likely N-dealkylation sites (N-methyl/N-ethyl adjacent to an activating group) is 1. The second kappa shape index (κ2) is 5.78. The van der Waals surface area contributed by atoms with Crippen LogP contribution in [0, 0.1) is 0 Å². The topological polar surface area (TPSA) is 58.6 Å². The van der Waals surface area contributed by atoms with E-state index in [2.05, 4.69) is 21.2 Å². The first-order chi connectivity index (χ1) is 8.98. The van der Waals surface area contributed by atoms with E-state index in [1.165, 1.54) is 4.31 Å². The highest BCUT2D eigenvalue weighted by Crippen LogP contribution is 2.29. The van der Waals surface area contributed by atoms with Crippen LogP contribution in [0.4, 0.5) is 0 Å². The first-order valence-electron chi connectivity index (χ1n) is 6.00. The molecule has 19 heavy (non-hydrogen) atoms. The molecule has 1 aromatic rings. The molecule has 1 heterocycles. The average Bonchev–Trinajstić information content (AvgIpc) is 2.88. The first-order valence-corrected chi connectivity index (χ1v) is 8.23. The van der Waals surface area contributed by atoms with E-state index in [0.717, 1.165) is 6.42 Å². The predicted molar refractivity (Wildman–Crippen MR) is 76.9 cm³/mol. The quantitative estimate of drug-likeness (QED) is 0.894. The van der Waals surface area contributed by atoms with Crippen LogP contribution in [0.1, 0.15) is 6.42 Å². The number of nitrogens with one attached hydrogen (secondary N) is 1. The normalized spacial score (nSPS) is 20.7. The van der Waals surface area contributed by atoms with Gasteiger partial charge in [0.25, 0.3) is 0 Å². The van der Waals surface area contributed by atoms with Crippen molar-refractivity contribution in [3.8, 4) is 5.75 Å². The molecule has 2 rings (SSSR count). The van der Waals surface area contributed by atoms with Crippen molar-refractivity contribution < 1.29 is 13.2 Å². The summed E-state index contributed by atoms with van der Waals surface area (Å²) < 4.78 is 32.2. The SMILES string of the molecule is CNC1CCN(S(=O)(=O)c2ccc(OC)c(Br)c2)C1. The number of methoxy groups -OCH3 is 1. The fourth-order valence-corrected chi connectivity index (χ4v) is 4.36. The summed E-state index contributed by atoms with van der Waals surface area (Å²) in [6.07, 6.45) is 0.840. The molecular weight excluding hydrogens is 332 g/mol. The molecule has 0 amide bonds. The Kier molecular flexibility index (Phi) is 4.50. The summed E-state index contributed by atoms with van der Waals surface area (Å²) in [4.78, 5) is 0.289. The Morgan fingerprint density at radius 3 is 2.74 bits per heavy atom. The second-order valence-corrected chi connectivity index (χ2v) is 7.23. The van der Waals surface area contributed by atoms with Gasteiger partial charge in [-0.05, 0) is 47.6 Å². The van der Waals surface area contributed by atoms with Gasteiger partial charge in [0.1, 0.15) is 5.75 Å². The van der Waals surface area contributed by atoms with Gasteiger partial charge in [0.05, 0.1) is 16.5 Å². The minimum absolute atomic E-state index is 0.233. The van der Waals surface area contributed by atoms with Crippen LogP contribution in [0.2, 0.25) is 0 Å². The minimum atomic E-state index is -3.42. The second-order valence-electron chi connectivity index (χ2n) is 4.43. The molecule has 1 atom stereocenters. The third-order valence-corrected chi connectivity index (χ3v) is 5.80. The molecule has 1 aliphatic rings. The van der Waals surface area contributed by atoms with Gasteiger partial charge in [0, 0.05) is 19.1 Å². The number of halogens is 1. The van der Waals surface area contributed by atoms with Crippen LogP contribution < -0.4 is 10.1 Å². The molecule has 1 N–H and O–H groups in total. The molecule has 1 unspecified atom stereocenters. The molecule has 0 spiro atoms. The van der Waals surface area contributed by atoms with Crippen molar-refractivity contribution in [1.29, 1.82) is 0 Å². The Morgan fingerprint density at radius 1 is 1.47 bits per heavy atom. The van der Waals surface area contributed by atoms with Gasteiger partial charge in [-0.15, -0.1) is 0 Å². The highest BCUT2D eigenvalue weighted by atomic mass is 79.9. The lowest BCUT2D eigenvalue weighted by Gasteiger charge is -2.17. The van der Waals surface area contributed by atoms with E-state index in [9.17, 15) is 8.42 Å². The number of hydrogen-bond acceptors (Lipinski definition) is 4. The summed E-state index contributed by atoms with van der Waals surface area (Å²) in [6.45, 7) is 1.07. The molecule has 1 saturated heterocycles. The Bertz CT molecular complexity index is 562. The van der Waals surface area contributed by atoms with Gasteiger partial charge in [-0.3, -0.25) is 0 Å². The molecule has 1 fully saturated rings. The number of sulfonamides is 1. The summed E-state index contributed by atoms with van der Waals surface area (Å²) >= 11 is 3.31. The van der Waals surface area contributed by atoms with Crippen LogP contribution in [0.25, 0.3) is 0 Å². The summed E-state index contributed by atoms with van der Waals surface area (Å²) in [6, 6.07) is 5.05. The van der Waals surface area contributed by atoms with Crippen molar-refractivity contribution in [2.75, 3.05) is 27.2 Å². The van der Waals surface area contributed by atoms with Gasteiger partial charge in [-0.1, -0.05) is 0 Å². The van der Waals surface area contributed by atoms with Crippen molar-refractivity contribution in [3.05, 3.63) is 22.7 Å². The standard InChI is InChI=1S/C12H17BrN2O3S/c1-14-9-5-6-15(8-9)19(16,17)10-3-4-12(18-2)11(13)7-10/h3-4,7,9,14H,5-6,8H2,1-2H3. The highest BCUT2D eigenvalue weighted by Gasteiger charge is 2.32. The molecule has 7 heteroatoms. The largest absolute Gasteiger partial charge is 0.496 e. The van der Waals surface area contributed by atoms with E-state index in [4.69, 9.17) is 4.74 Å². The lowest BCUT2D eigenvalue weighted by molar-refractivity contribution is 0.411. The molecule has 0 aliphatic carbocycles. The van der Waals surface area contributed by atoms with E-state index >= 15 is 0 Å². The van der Waals surface area contributed by atoms with E-state index < -0.39 is 10.0 Å². The molecular formula is C12H17BrN2O3S. The molecule has 0 bridgehead atoms. The average molecular weight is 349 g/mol. The van der Waals surface area contributed by atoms with Crippen molar-refractivity contribution in [1.82, 2.24) is 9.62 Å². The number of benzene rings is 1. The van der Waals surface area contributed by atoms with Crippen molar-refractivity contribution in [2.24, 2.45) is 0 Å². The van der Waals surface area contributed by atoms with Crippen LogP contribution in [0.5, 0.6) is 5.75 Å². The third kappa shape index (κ3) is 2.94. The summed E-state index contributed by atoms with van der Waals surface area (Å²) in [5.41, 5.74) is 0. The summed E-state index contributed by atoms with van der Waals surface area (Å²) in [5, 5.41) is 3.11.